The van der Waals surface area contributed by atoms with Crippen LogP contribution in [0.5, 0.6) is 11.5 Å². The summed E-state index contributed by atoms with van der Waals surface area (Å²) in [5.41, 5.74) is 1.65. The Kier molecular flexibility index (Phi) is 5.30. The lowest BCUT2D eigenvalue weighted by atomic mass is 9.96. The van der Waals surface area contributed by atoms with E-state index in [1.165, 1.54) is 0 Å². The maximum atomic E-state index is 12.7. The minimum Gasteiger partial charge on any atom is -0.486 e. The normalized spacial score (nSPS) is 14.3. The SMILES string of the molecule is CC(C)[C@@H](O)c1cc2c(cc1NC(=O)c1ccccc1Br)OCCO2. The molecule has 1 heterocycles. The third-order valence-corrected chi connectivity index (χ3v) is 4.72. The molecule has 2 aromatic carbocycles. The van der Waals surface area contributed by atoms with Gasteiger partial charge >= 0.3 is 0 Å². The van der Waals surface area contributed by atoms with Gasteiger partial charge in [-0.3, -0.25) is 4.79 Å². The topological polar surface area (TPSA) is 67.8 Å². The third-order valence-electron chi connectivity index (χ3n) is 4.03. The molecule has 25 heavy (non-hydrogen) atoms. The Morgan fingerprint density at radius 3 is 2.44 bits per heavy atom. The minimum absolute atomic E-state index is 0.0123. The van der Waals surface area contributed by atoms with Crippen LogP contribution in [0, 0.1) is 5.92 Å². The van der Waals surface area contributed by atoms with E-state index in [0.717, 1.165) is 0 Å². The molecule has 0 fully saturated rings. The molecule has 0 spiro atoms. The number of amides is 1. The summed E-state index contributed by atoms with van der Waals surface area (Å²) in [6.07, 6.45) is -0.731. The van der Waals surface area contributed by atoms with Gasteiger partial charge in [0.25, 0.3) is 5.91 Å². The number of rotatable bonds is 4. The van der Waals surface area contributed by atoms with Gasteiger partial charge in [0.2, 0.25) is 0 Å². The summed E-state index contributed by atoms with van der Waals surface area (Å²) in [5, 5.41) is 13.5. The number of hydrogen-bond donors (Lipinski definition) is 2. The van der Waals surface area contributed by atoms with E-state index in [1.54, 1.807) is 24.3 Å². The number of nitrogens with one attached hydrogen (secondary N) is 1. The van der Waals surface area contributed by atoms with Crippen LogP contribution in [0.4, 0.5) is 5.69 Å². The van der Waals surface area contributed by atoms with Gasteiger partial charge in [-0.05, 0) is 40.0 Å². The number of aliphatic hydroxyl groups excluding tert-OH is 1. The van der Waals surface area contributed by atoms with E-state index in [9.17, 15) is 9.90 Å². The molecule has 6 heteroatoms. The van der Waals surface area contributed by atoms with Crippen LogP contribution in [0.15, 0.2) is 40.9 Å². The number of carbonyl (C=O) groups excluding carboxylic acids is 1. The predicted octanol–water partition coefficient (Wildman–Crippen LogP) is 4.16. The van der Waals surface area contributed by atoms with Crippen molar-refractivity contribution in [3.63, 3.8) is 0 Å². The number of fused-ring (bicyclic) bond motifs is 1. The number of anilines is 1. The monoisotopic (exact) mass is 405 g/mol. The van der Waals surface area contributed by atoms with Crippen molar-refractivity contribution in [2.75, 3.05) is 18.5 Å². The highest BCUT2D eigenvalue weighted by atomic mass is 79.9. The zero-order chi connectivity index (χ0) is 18.0. The van der Waals surface area contributed by atoms with Crippen LogP contribution in [-0.4, -0.2) is 24.2 Å². The Morgan fingerprint density at radius 2 is 1.80 bits per heavy atom. The molecule has 0 unspecified atom stereocenters. The summed E-state index contributed by atoms with van der Waals surface area (Å²) in [4.78, 5) is 12.7. The number of halogens is 1. The van der Waals surface area contributed by atoms with Crippen LogP contribution >= 0.6 is 15.9 Å². The Labute approximate surface area is 155 Å². The summed E-state index contributed by atoms with van der Waals surface area (Å²) < 4.78 is 11.9. The number of hydrogen-bond acceptors (Lipinski definition) is 4. The fourth-order valence-corrected chi connectivity index (χ4v) is 3.12. The predicted molar refractivity (Wildman–Crippen MR) is 99.3 cm³/mol. The summed E-state index contributed by atoms with van der Waals surface area (Å²) in [7, 11) is 0. The van der Waals surface area contributed by atoms with E-state index in [1.807, 2.05) is 26.0 Å². The van der Waals surface area contributed by atoms with E-state index >= 15 is 0 Å². The lowest BCUT2D eigenvalue weighted by Gasteiger charge is -2.24. The van der Waals surface area contributed by atoms with Crippen molar-refractivity contribution in [2.45, 2.75) is 20.0 Å². The van der Waals surface area contributed by atoms with E-state index in [4.69, 9.17) is 9.47 Å². The second-order valence-electron chi connectivity index (χ2n) is 6.21. The fourth-order valence-electron chi connectivity index (χ4n) is 2.65. The van der Waals surface area contributed by atoms with Gasteiger partial charge in [-0.1, -0.05) is 26.0 Å². The molecule has 0 bridgehead atoms. The first kappa shape index (κ1) is 17.8. The molecule has 0 saturated carbocycles. The van der Waals surface area contributed by atoms with E-state index in [0.29, 0.717) is 46.0 Å². The molecule has 2 aromatic rings. The molecule has 1 amide bonds. The molecule has 1 aliphatic heterocycles. The first-order valence-corrected chi connectivity index (χ1v) is 8.94. The lowest BCUT2D eigenvalue weighted by Crippen LogP contribution is -2.19. The van der Waals surface area contributed by atoms with Crippen LogP contribution in [0.3, 0.4) is 0 Å². The molecule has 2 N–H and O–H groups in total. The summed E-state index contributed by atoms with van der Waals surface area (Å²) >= 11 is 3.39. The highest BCUT2D eigenvalue weighted by molar-refractivity contribution is 9.10. The molecule has 0 radical (unpaired) electrons. The Hall–Kier alpha value is -2.05. The van der Waals surface area contributed by atoms with Crippen molar-refractivity contribution in [1.29, 1.82) is 0 Å². The maximum absolute atomic E-state index is 12.7. The molecule has 3 rings (SSSR count). The molecule has 132 valence electrons. The van der Waals surface area contributed by atoms with Crippen LogP contribution in [0.25, 0.3) is 0 Å². The number of aliphatic hydroxyl groups is 1. The first-order valence-electron chi connectivity index (χ1n) is 8.15. The van der Waals surface area contributed by atoms with Crippen LogP contribution in [0.2, 0.25) is 0 Å². The van der Waals surface area contributed by atoms with Gasteiger partial charge in [0.15, 0.2) is 11.5 Å². The van der Waals surface area contributed by atoms with Crippen molar-refractivity contribution in [1.82, 2.24) is 0 Å². The minimum atomic E-state index is -0.731. The van der Waals surface area contributed by atoms with E-state index in [-0.39, 0.29) is 11.8 Å². The molecular formula is C19H20BrNO4. The van der Waals surface area contributed by atoms with Crippen LogP contribution in [-0.2, 0) is 0 Å². The zero-order valence-electron chi connectivity index (χ0n) is 14.1. The first-order chi connectivity index (χ1) is 12.0. The summed E-state index contributed by atoms with van der Waals surface area (Å²) in [5.74, 6) is 0.872. The van der Waals surface area contributed by atoms with Gasteiger partial charge in [-0.15, -0.1) is 0 Å². The molecule has 1 atom stereocenters. The van der Waals surface area contributed by atoms with Crippen molar-refractivity contribution < 1.29 is 19.4 Å². The van der Waals surface area contributed by atoms with Gasteiger partial charge in [-0.25, -0.2) is 0 Å². The van der Waals surface area contributed by atoms with Crippen molar-refractivity contribution in [3.8, 4) is 11.5 Å². The second kappa shape index (κ2) is 7.45. The highest BCUT2D eigenvalue weighted by Crippen LogP contribution is 2.40. The largest absolute Gasteiger partial charge is 0.486 e. The van der Waals surface area contributed by atoms with Gasteiger partial charge in [-0.2, -0.15) is 0 Å². The highest BCUT2D eigenvalue weighted by Gasteiger charge is 2.23. The lowest BCUT2D eigenvalue weighted by molar-refractivity contribution is 0.102. The van der Waals surface area contributed by atoms with Gasteiger partial charge in [0, 0.05) is 16.1 Å². The van der Waals surface area contributed by atoms with Crippen molar-refractivity contribution in [2.24, 2.45) is 5.92 Å². The Balaban J connectivity index is 1.98. The molecule has 0 aromatic heterocycles. The second-order valence-corrected chi connectivity index (χ2v) is 7.06. The molecule has 1 aliphatic rings. The van der Waals surface area contributed by atoms with Gasteiger partial charge in [0.1, 0.15) is 13.2 Å². The molecule has 0 saturated heterocycles. The third kappa shape index (κ3) is 3.80. The van der Waals surface area contributed by atoms with E-state index < -0.39 is 6.10 Å². The maximum Gasteiger partial charge on any atom is 0.256 e. The molecule has 5 nitrogen and oxygen atoms in total. The van der Waals surface area contributed by atoms with Crippen molar-refractivity contribution >= 4 is 27.5 Å². The van der Waals surface area contributed by atoms with E-state index in [2.05, 4.69) is 21.2 Å². The average molecular weight is 406 g/mol. The number of ether oxygens (including phenoxy) is 2. The summed E-state index contributed by atoms with van der Waals surface area (Å²) in [6.45, 7) is 4.76. The standard InChI is InChI=1S/C19H20BrNO4/c1-11(2)18(22)13-9-16-17(25-8-7-24-16)10-15(13)21-19(23)12-5-3-4-6-14(12)20/h3-6,9-11,18,22H,7-8H2,1-2H3,(H,21,23)/t18-/m1/s1. The van der Waals surface area contributed by atoms with Crippen molar-refractivity contribution in [3.05, 3.63) is 52.0 Å². The quantitative estimate of drug-likeness (QED) is 0.800. The number of benzene rings is 2. The smallest absolute Gasteiger partial charge is 0.256 e. The molecule has 0 aliphatic carbocycles. The summed E-state index contributed by atoms with van der Waals surface area (Å²) in [6, 6.07) is 10.6. The van der Waals surface area contributed by atoms with Gasteiger partial charge in [0.05, 0.1) is 17.4 Å². The van der Waals surface area contributed by atoms with Gasteiger partial charge < -0.3 is 19.9 Å². The Morgan fingerprint density at radius 1 is 1.16 bits per heavy atom. The average Bonchev–Trinajstić information content (AvgIpc) is 2.60. The van der Waals surface area contributed by atoms with Crippen LogP contribution in [0.1, 0.15) is 35.9 Å². The fraction of sp³-hybridized carbons (Fsp3) is 0.316. The number of carbonyl (C=O) groups is 1. The van der Waals surface area contributed by atoms with Crippen LogP contribution < -0.4 is 14.8 Å². The Bertz CT molecular complexity index is 791. The molecular weight excluding hydrogens is 386 g/mol. The zero-order valence-corrected chi connectivity index (χ0v) is 15.7.